The highest BCUT2D eigenvalue weighted by molar-refractivity contribution is 6.32. The lowest BCUT2D eigenvalue weighted by Gasteiger charge is -2.14. The van der Waals surface area contributed by atoms with Crippen molar-refractivity contribution in [3.63, 3.8) is 0 Å². The number of methoxy groups -OCH3 is 1. The number of rotatable bonds is 7. The molecule has 4 nitrogen and oxygen atoms in total. The number of benzene rings is 1. The van der Waals surface area contributed by atoms with Gasteiger partial charge in [0.15, 0.2) is 6.10 Å². The molecule has 0 spiro atoms. The van der Waals surface area contributed by atoms with Crippen molar-refractivity contribution >= 4 is 11.6 Å². The Morgan fingerprint density at radius 3 is 2.94 bits per heavy atom. The zero-order valence-corrected chi connectivity index (χ0v) is 11.3. The van der Waals surface area contributed by atoms with Crippen molar-refractivity contribution in [1.82, 2.24) is 5.32 Å². The Hall–Kier alpha value is -1.28. The lowest BCUT2D eigenvalue weighted by molar-refractivity contribution is 0.199. The van der Waals surface area contributed by atoms with Crippen LogP contribution in [0, 0.1) is 11.3 Å². The summed E-state index contributed by atoms with van der Waals surface area (Å²) in [6, 6.07) is 7.56. The molecule has 0 saturated heterocycles. The average molecular weight is 269 g/mol. The SMILES string of the molecule is COCCNCc1cccc(Cl)c1OC(C)C#N. The lowest BCUT2D eigenvalue weighted by atomic mass is 10.2. The third-order valence-electron chi connectivity index (χ3n) is 2.32. The minimum absolute atomic E-state index is 0.517. The van der Waals surface area contributed by atoms with Crippen LogP contribution in [0.4, 0.5) is 0 Å². The topological polar surface area (TPSA) is 54.3 Å². The van der Waals surface area contributed by atoms with E-state index < -0.39 is 6.10 Å². The molecule has 0 heterocycles. The Morgan fingerprint density at radius 2 is 2.28 bits per heavy atom. The zero-order chi connectivity index (χ0) is 13.4. The van der Waals surface area contributed by atoms with E-state index in [-0.39, 0.29) is 0 Å². The summed E-state index contributed by atoms with van der Waals surface area (Å²) < 4.78 is 10.5. The number of nitrogens with one attached hydrogen (secondary N) is 1. The van der Waals surface area contributed by atoms with E-state index in [1.165, 1.54) is 0 Å². The van der Waals surface area contributed by atoms with Gasteiger partial charge in [-0.3, -0.25) is 0 Å². The molecule has 0 radical (unpaired) electrons. The number of nitriles is 1. The molecule has 1 atom stereocenters. The number of nitrogens with zero attached hydrogens (tertiary/aromatic N) is 1. The van der Waals surface area contributed by atoms with Crippen LogP contribution in [0.2, 0.25) is 5.02 Å². The highest BCUT2D eigenvalue weighted by Crippen LogP contribution is 2.29. The van der Waals surface area contributed by atoms with Crippen molar-refractivity contribution in [1.29, 1.82) is 5.26 Å². The summed E-state index contributed by atoms with van der Waals surface area (Å²) in [6.45, 7) is 3.70. The summed E-state index contributed by atoms with van der Waals surface area (Å²) in [5.41, 5.74) is 0.931. The fraction of sp³-hybridized carbons (Fsp3) is 0.462. The molecule has 1 N–H and O–H groups in total. The second-order valence-electron chi connectivity index (χ2n) is 3.79. The number of halogens is 1. The standard InChI is InChI=1S/C13H17ClN2O2/c1-10(8-15)18-13-11(4-3-5-12(13)14)9-16-6-7-17-2/h3-5,10,16H,6-7,9H2,1-2H3. The Kier molecular flexibility index (Phi) is 6.51. The van der Waals surface area contributed by atoms with E-state index in [9.17, 15) is 0 Å². The highest BCUT2D eigenvalue weighted by atomic mass is 35.5. The summed E-state index contributed by atoms with van der Waals surface area (Å²) >= 11 is 6.08. The van der Waals surface area contributed by atoms with E-state index in [4.69, 9.17) is 26.3 Å². The first-order valence-electron chi connectivity index (χ1n) is 5.72. The van der Waals surface area contributed by atoms with Crippen LogP contribution < -0.4 is 10.1 Å². The normalized spacial score (nSPS) is 11.9. The maximum atomic E-state index is 8.77. The highest BCUT2D eigenvalue weighted by Gasteiger charge is 2.11. The largest absolute Gasteiger partial charge is 0.474 e. The van der Waals surface area contributed by atoms with Gasteiger partial charge in [-0.25, -0.2) is 0 Å². The molecule has 0 aliphatic carbocycles. The molecule has 1 unspecified atom stereocenters. The molecule has 0 fully saturated rings. The fourth-order valence-corrected chi connectivity index (χ4v) is 1.66. The molecule has 98 valence electrons. The molecule has 0 amide bonds. The van der Waals surface area contributed by atoms with Crippen LogP contribution >= 0.6 is 11.6 Å². The monoisotopic (exact) mass is 268 g/mol. The van der Waals surface area contributed by atoms with Crippen LogP contribution in [-0.2, 0) is 11.3 Å². The predicted molar refractivity (Wildman–Crippen MR) is 70.7 cm³/mol. The van der Waals surface area contributed by atoms with Gasteiger partial charge in [0.2, 0.25) is 0 Å². The molecule has 0 aliphatic rings. The van der Waals surface area contributed by atoms with Crippen LogP contribution in [0.5, 0.6) is 5.75 Å². The molecule has 1 rings (SSSR count). The second-order valence-corrected chi connectivity index (χ2v) is 4.19. The minimum atomic E-state index is -0.525. The zero-order valence-electron chi connectivity index (χ0n) is 10.6. The number of hydrogen-bond acceptors (Lipinski definition) is 4. The average Bonchev–Trinajstić information content (AvgIpc) is 2.38. The number of ether oxygens (including phenoxy) is 2. The molecular formula is C13H17ClN2O2. The molecule has 0 aromatic heterocycles. The molecule has 0 aliphatic heterocycles. The Bertz CT molecular complexity index is 418. The smallest absolute Gasteiger partial charge is 0.181 e. The molecule has 5 heteroatoms. The summed E-state index contributed by atoms with van der Waals surface area (Å²) in [5.74, 6) is 0.568. The van der Waals surface area contributed by atoms with Crippen molar-refractivity contribution in [3.8, 4) is 11.8 Å². The van der Waals surface area contributed by atoms with Crippen molar-refractivity contribution in [2.24, 2.45) is 0 Å². The lowest BCUT2D eigenvalue weighted by Crippen LogP contribution is -2.20. The van der Waals surface area contributed by atoms with Gasteiger partial charge in [-0.2, -0.15) is 5.26 Å². The molecule has 18 heavy (non-hydrogen) atoms. The maximum Gasteiger partial charge on any atom is 0.181 e. The third kappa shape index (κ3) is 4.53. The molecule has 1 aromatic carbocycles. The van der Waals surface area contributed by atoms with Crippen LogP contribution in [0.1, 0.15) is 12.5 Å². The molecule has 0 saturated carbocycles. The molecule has 0 bridgehead atoms. The first-order chi connectivity index (χ1) is 8.69. The van der Waals surface area contributed by atoms with Gasteiger partial charge in [-0.15, -0.1) is 0 Å². The first-order valence-corrected chi connectivity index (χ1v) is 6.10. The van der Waals surface area contributed by atoms with Gasteiger partial charge in [-0.05, 0) is 13.0 Å². The van der Waals surface area contributed by atoms with Crippen LogP contribution in [0.25, 0.3) is 0 Å². The summed E-state index contributed by atoms with van der Waals surface area (Å²) in [4.78, 5) is 0. The van der Waals surface area contributed by atoms with Crippen LogP contribution in [0.15, 0.2) is 18.2 Å². The van der Waals surface area contributed by atoms with Gasteiger partial charge >= 0.3 is 0 Å². The van der Waals surface area contributed by atoms with Gasteiger partial charge in [-0.1, -0.05) is 23.7 Å². The predicted octanol–water partition coefficient (Wildman–Crippen LogP) is 2.37. The van der Waals surface area contributed by atoms with Crippen molar-refractivity contribution in [2.45, 2.75) is 19.6 Å². The van der Waals surface area contributed by atoms with Crippen LogP contribution in [0.3, 0.4) is 0 Å². The van der Waals surface area contributed by atoms with Gasteiger partial charge < -0.3 is 14.8 Å². The third-order valence-corrected chi connectivity index (χ3v) is 2.62. The van der Waals surface area contributed by atoms with Crippen molar-refractivity contribution in [2.75, 3.05) is 20.3 Å². The molecule has 1 aromatic rings. The van der Waals surface area contributed by atoms with Crippen molar-refractivity contribution in [3.05, 3.63) is 28.8 Å². The second kappa shape index (κ2) is 7.93. The first kappa shape index (κ1) is 14.8. The maximum absolute atomic E-state index is 8.77. The van der Waals surface area contributed by atoms with E-state index in [2.05, 4.69) is 5.32 Å². The summed E-state index contributed by atoms with van der Waals surface area (Å²) in [7, 11) is 1.66. The Balaban J connectivity index is 2.71. The summed E-state index contributed by atoms with van der Waals surface area (Å²) in [5, 5.41) is 12.5. The summed E-state index contributed by atoms with van der Waals surface area (Å²) in [6.07, 6.45) is -0.525. The van der Waals surface area contributed by atoms with Crippen molar-refractivity contribution < 1.29 is 9.47 Å². The van der Waals surface area contributed by atoms with Gasteiger partial charge in [0.25, 0.3) is 0 Å². The van der Waals surface area contributed by atoms with Gasteiger partial charge in [0.05, 0.1) is 11.6 Å². The Labute approximate surface area is 112 Å². The van der Waals surface area contributed by atoms with E-state index in [0.717, 1.165) is 12.1 Å². The minimum Gasteiger partial charge on any atom is -0.474 e. The fourth-order valence-electron chi connectivity index (χ4n) is 1.43. The molecular weight excluding hydrogens is 252 g/mol. The Morgan fingerprint density at radius 1 is 1.50 bits per heavy atom. The van der Waals surface area contributed by atoms with Gasteiger partial charge in [0, 0.05) is 25.8 Å². The number of para-hydroxylation sites is 1. The van der Waals surface area contributed by atoms with E-state index >= 15 is 0 Å². The number of hydrogen-bond donors (Lipinski definition) is 1. The van der Waals surface area contributed by atoms with E-state index in [0.29, 0.717) is 23.9 Å². The van der Waals surface area contributed by atoms with Gasteiger partial charge in [0.1, 0.15) is 11.8 Å². The van der Waals surface area contributed by atoms with E-state index in [1.807, 2.05) is 18.2 Å². The van der Waals surface area contributed by atoms with Crippen LogP contribution in [-0.4, -0.2) is 26.4 Å². The quantitative estimate of drug-likeness (QED) is 0.772. The van der Waals surface area contributed by atoms with E-state index in [1.54, 1.807) is 20.1 Å².